The second-order valence-corrected chi connectivity index (χ2v) is 5.73. The molecule has 3 heterocycles. The molecule has 3 rings (SSSR count). The Morgan fingerprint density at radius 3 is 2.39 bits per heavy atom. The molecule has 0 bridgehead atoms. The van der Waals surface area contributed by atoms with E-state index >= 15 is 0 Å². The lowest BCUT2D eigenvalue weighted by molar-refractivity contribution is 0.0697. The van der Waals surface area contributed by atoms with Gasteiger partial charge in [0.05, 0.1) is 17.0 Å². The number of pyridine rings is 1. The van der Waals surface area contributed by atoms with Crippen molar-refractivity contribution in [2.75, 3.05) is 18.0 Å². The van der Waals surface area contributed by atoms with Crippen molar-refractivity contribution in [2.24, 2.45) is 0 Å². The predicted octanol–water partition coefficient (Wildman–Crippen LogP) is 3.01. The van der Waals surface area contributed by atoms with Crippen molar-refractivity contribution in [3.8, 4) is 11.4 Å². The quantitative estimate of drug-likeness (QED) is 0.938. The van der Waals surface area contributed by atoms with E-state index in [1.165, 1.54) is 31.5 Å². The summed E-state index contributed by atoms with van der Waals surface area (Å²) in [7, 11) is 0. The number of rotatable bonds is 3. The lowest BCUT2D eigenvalue weighted by Crippen LogP contribution is -2.28. The van der Waals surface area contributed by atoms with E-state index < -0.39 is 5.97 Å². The zero-order chi connectivity index (χ0) is 16.1. The fourth-order valence-electron chi connectivity index (χ4n) is 2.79. The fraction of sp³-hybridized carbons (Fsp3) is 0.412. The first kappa shape index (κ1) is 15.4. The van der Waals surface area contributed by atoms with E-state index in [9.17, 15) is 4.79 Å². The number of aromatic carboxylic acids is 1. The van der Waals surface area contributed by atoms with Gasteiger partial charge in [0.2, 0.25) is 5.95 Å². The zero-order valence-corrected chi connectivity index (χ0v) is 13.0. The van der Waals surface area contributed by atoms with Crippen LogP contribution in [0.3, 0.4) is 0 Å². The molecule has 6 nitrogen and oxygen atoms in total. The summed E-state index contributed by atoms with van der Waals surface area (Å²) >= 11 is 0. The van der Waals surface area contributed by atoms with Crippen LogP contribution in [0.25, 0.3) is 11.4 Å². The van der Waals surface area contributed by atoms with Gasteiger partial charge in [-0.05, 0) is 31.0 Å². The highest BCUT2D eigenvalue weighted by atomic mass is 16.4. The minimum atomic E-state index is -0.966. The molecule has 0 aromatic carbocycles. The Balaban J connectivity index is 1.87. The monoisotopic (exact) mass is 312 g/mol. The highest BCUT2D eigenvalue weighted by Gasteiger charge is 2.13. The van der Waals surface area contributed by atoms with E-state index in [2.05, 4.69) is 19.9 Å². The van der Waals surface area contributed by atoms with Gasteiger partial charge in [-0.1, -0.05) is 19.3 Å². The Bertz CT molecular complexity index is 682. The van der Waals surface area contributed by atoms with Crippen LogP contribution in [-0.2, 0) is 0 Å². The van der Waals surface area contributed by atoms with Crippen LogP contribution >= 0.6 is 0 Å². The predicted molar refractivity (Wildman–Crippen MR) is 87.5 cm³/mol. The van der Waals surface area contributed by atoms with E-state index in [0.29, 0.717) is 17.3 Å². The number of hydrogen-bond donors (Lipinski definition) is 1. The summed E-state index contributed by atoms with van der Waals surface area (Å²) in [5.41, 5.74) is 1.42. The Kier molecular flexibility index (Phi) is 4.80. The molecule has 1 aliphatic rings. The second-order valence-electron chi connectivity index (χ2n) is 5.73. The van der Waals surface area contributed by atoms with Crippen LogP contribution in [0, 0.1) is 0 Å². The first-order valence-electron chi connectivity index (χ1n) is 8.02. The van der Waals surface area contributed by atoms with Gasteiger partial charge in [-0.3, -0.25) is 4.98 Å². The van der Waals surface area contributed by atoms with Crippen molar-refractivity contribution in [3.63, 3.8) is 0 Å². The van der Waals surface area contributed by atoms with Gasteiger partial charge in [0, 0.05) is 25.5 Å². The molecule has 0 atom stereocenters. The number of anilines is 1. The number of hydrogen-bond acceptors (Lipinski definition) is 5. The first-order chi connectivity index (χ1) is 11.2. The SMILES string of the molecule is O=C(O)c1ccnc(-c2ccnc(N3CCCCCCC3)n2)c1. The molecule has 0 amide bonds. The summed E-state index contributed by atoms with van der Waals surface area (Å²) < 4.78 is 0. The van der Waals surface area contributed by atoms with E-state index in [-0.39, 0.29) is 5.56 Å². The van der Waals surface area contributed by atoms with Gasteiger partial charge in [-0.25, -0.2) is 14.8 Å². The van der Waals surface area contributed by atoms with Crippen molar-refractivity contribution >= 4 is 11.9 Å². The molecule has 1 saturated heterocycles. The zero-order valence-electron chi connectivity index (χ0n) is 13.0. The largest absolute Gasteiger partial charge is 0.478 e. The van der Waals surface area contributed by atoms with Gasteiger partial charge in [-0.15, -0.1) is 0 Å². The molecule has 0 saturated carbocycles. The molecule has 1 fully saturated rings. The fourth-order valence-corrected chi connectivity index (χ4v) is 2.79. The molecule has 1 N–H and O–H groups in total. The summed E-state index contributed by atoms with van der Waals surface area (Å²) in [4.78, 5) is 26.5. The maximum atomic E-state index is 11.1. The molecule has 0 radical (unpaired) electrons. The summed E-state index contributed by atoms with van der Waals surface area (Å²) in [6.45, 7) is 1.93. The van der Waals surface area contributed by atoms with Crippen LogP contribution in [0.1, 0.15) is 42.5 Å². The number of aromatic nitrogens is 3. The standard InChI is InChI=1S/C17H20N4O2/c22-16(23)13-6-8-18-15(12-13)14-7-9-19-17(20-14)21-10-4-2-1-3-5-11-21/h6-9,12H,1-5,10-11H2,(H,22,23). The summed E-state index contributed by atoms with van der Waals surface area (Å²) in [6, 6.07) is 4.79. The molecule has 2 aromatic rings. The molecule has 120 valence electrons. The minimum absolute atomic E-state index is 0.210. The van der Waals surface area contributed by atoms with Gasteiger partial charge in [0.15, 0.2) is 0 Å². The van der Waals surface area contributed by atoms with Crippen LogP contribution in [0.5, 0.6) is 0 Å². The third kappa shape index (κ3) is 3.83. The third-order valence-electron chi connectivity index (χ3n) is 4.05. The Morgan fingerprint density at radius 2 is 1.65 bits per heavy atom. The summed E-state index contributed by atoms with van der Waals surface area (Å²) in [5.74, 6) is -0.265. The Morgan fingerprint density at radius 1 is 0.957 bits per heavy atom. The van der Waals surface area contributed by atoms with Crippen molar-refractivity contribution in [2.45, 2.75) is 32.1 Å². The average molecular weight is 312 g/mol. The lowest BCUT2D eigenvalue weighted by atomic mass is 10.1. The third-order valence-corrected chi connectivity index (χ3v) is 4.05. The highest BCUT2D eigenvalue weighted by Crippen LogP contribution is 2.20. The lowest BCUT2D eigenvalue weighted by Gasteiger charge is -2.24. The topological polar surface area (TPSA) is 79.2 Å². The van der Waals surface area contributed by atoms with E-state index in [1.807, 2.05) is 0 Å². The number of carboxylic acid groups (broad SMARTS) is 1. The highest BCUT2D eigenvalue weighted by molar-refractivity contribution is 5.88. The normalized spacial score (nSPS) is 15.7. The molecular weight excluding hydrogens is 292 g/mol. The molecular formula is C17H20N4O2. The van der Waals surface area contributed by atoms with Crippen molar-refractivity contribution in [1.29, 1.82) is 0 Å². The molecule has 0 unspecified atom stereocenters. The minimum Gasteiger partial charge on any atom is -0.478 e. The summed E-state index contributed by atoms with van der Waals surface area (Å²) in [5, 5.41) is 9.10. The van der Waals surface area contributed by atoms with Crippen molar-refractivity contribution in [1.82, 2.24) is 15.0 Å². The smallest absolute Gasteiger partial charge is 0.335 e. The molecule has 0 spiro atoms. The van der Waals surface area contributed by atoms with Crippen LogP contribution in [0.15, 0.2) is 30.6 Å². The van der Waals surface area contributed by atoms with E-state index in [1.54, 1.807) is 18.3 Å². The van der Waals surface area contributed by atoms with Crippen molar-refractivity contribution in [3.05, 3.63) is 36.2 Å². The molecule has 2 aromatic heterocycles. The maximum absolute atomic E-state index is 11.1. The van der Waals surface area contributed by atoms with Crippen LogP contribution in [-0.4, -0.2) is 39.1 Å². The van der Waals surface area contributed by atoms with Crippen LogP contribution in [0.2, 0.25) is 0 Å². The summed E-state index contributed by atoms with van der Waals surface area (Å²) in [6.07, 6.45) is 9.32. The van der Waals surface area contributed by atoms with E-state index in [4.69, 9.17) is 5.11 Å². The molecule has 0 aliphatic carbocycles. The van der Waals surface area contributed by atoms with Crippen LogP contribution < -0.4 is 4.90 Å². The average Bonchev–Trinajstić information content (AvgIpc) is 2.55. The molecule has 1 aliphatic heterocycles. The van der Waals surface area contributed by atoms with Crippen LogP contribution in [0.4, 0.5) is 5.95 Å². The van der Waals surface area contributed by atoms with Crippen molar-refractivity contribution < 1.29 is 9.90 Å². The van der Waals surface area contributed by atoms with Gasteiger partial charge < -0.3 is 10.0 Å². The molecule has 23 heavy (non-hydrogen) atoms. The van der Waals surface area contributed by atoms with Gasteiger partial charge in [-0.2, -0.15) is 0 Å². The van der Waals surface area contributed by atoms with Gasteiger partial charge in [0.25, 0.3) is 0 Å². The maximum Gasteiger partial charge on any atom is 0.335 e. The number of carbonyl (C=O) groups is 1. The second kappa shape index (κ2) is 7.17. The van der Waals surface area contributed by atoms with Gasteiger partial charge in [0.1, 0.15) is 0 Å². The Labute approximate surface area is 135 Å². The number of carboxylic acids is 1. The first-order valence-corrected chi connectivity index (χ1v) is 8.02. The Hall–Kier alpha value is -2.50. The number of nitrogens with zero attached hydrogens (tertiary/aromatic N) is 4. The molecule has 6 heteroatoms. The van der Waals surface area contributed by atoms with E-state index in [0.717, 1.165) is 25.9 Å². The van der Waals surface area contributed by atoms with Gasteiger partial charge >= 0.3 is 5.97 Å².